The van der Waals surface area contributed by atoms with Gasteiger partial charge in [-0.2, -0.15) is 5.26 Å². The Balaban J connectivity index is 2.34. The van der Waals surface area contributed by atoms with Crippen LogP contribution in [0.25, 0.3) is 0 Å². The molecule has 0 radical (unpaired) electrons. The summed E-state index contributed by atoms with van der Waals surface area (Å²) in [6.07, 6.45) is 4.86. The van der Waals surface area contributed by atoms with E-state index in [1.54, 1.807) is 6.07 Å². The van der Waals surface area contributed by atoms with Crippen molar-refractivity contribution in [2.24, 2.45) is 5.92 Å². The first-order chi connectivity index (χ1) is 9.11. The van der Waals surface area contributed by atoms with Crippen molar-refractivity contribution >= 4 is 5.69 Å². The molecule has 0 heterocycles. The van der Waals surface area contributed by atoms with Crippen LogP contribution >= 0.6 is 0 Å². The number of nitriles is 1. The van der Waals surface area contributed by atoms with E-state index in [0.29, 0.717) is 17.5 Å². The molecule has 0 bridgehead atoms. The summed E-state index contributed by atoms with van der Waals surface area (Å²) < 4.78 is 13.3. The molecule has 19 heavy (non-hydrogen) atoms. The number of nitrogens with zero attached hydrogens (tertiary/aromatic N) is 2. The van der Waals surface area contributed by atoms with E-state index in [9.17, 15) is 9.65 Å². The topological polar surface area (TPSA) is 27.0 Å². The fourth-order valence-corrected chi connectivity index (χ4v) is 2.90. The Morgan fingerprint density at radius 2 is 2.05 bits per heavy atom. The Bertz CT molecular complexity index is 470. The van der Waals surface area contributed by atoms with Crippen molar-refractivity contribution in [2.75, 3.05) is 11.4 Å². The molecule has 0 N–H and O–H groups in total. The van der Waals surface area contributed by atoms with E-state index in [1.165, 1.54) is 37.8 Å². The summed E-state index contributed by atoms with van der Waals surface area (Å²) in [5.74, 6) is 0.188. The first-order valence-corrected chi connectivity index (χ1v) is 7.08. The van der Waals surface area contributed by atoms with Crippen LogP contribution in [0, 0.1) is 23.1 Å². The molecular formula is C16H21FN2. The predicted octanol–water partition coefficient (Wildman–Crippen LogP) is 4.10. The van der Waals surface area contributed by atoms with Crippen LogP contribution in [0.3, 0.4) is 0 Å². The van der Waals surface area contributed by atoms with Gasteiger partial charge in [-0.05, 0) is 37.0 Å². The summed E-state index contributed by atoms with van der Waals surface area (Å²) in [4.78, 5) is 2.32. The van der Waals surface area contributed by atoms with Gasteiger partial charge in [0.15, 0.2) is 0 Å². The van der Waals surface area contributed by atoms with Crippen molar-refractivity contribution in [3.8, 4) is 6.07 Å². The molecule has 1 fully saturated rings. The first-order valence-electron chi connectivity index (χ1n) is 7.08. The lowest BCUT2D eigenvalue weighted by Crippen LogP contribution is -2.36. The zero-order chi connectivity index (χ0) is 13.8. The Morgan fingerprint density at radius 3 is 2.63 bits per heavy atom. The molecule has 0 amide bonds. The molecule has 0 saturated heterocycles. The first kappa shape index (κ1) is 13.9. The lowest BCUT2D eigenvalue weighted by Gasteiger charge is -2.33. The minimum atomic E-state index is -0.337. The predicted molar refractivity (Wildman–Crippen MR) is 75.6 cm³/mol. The van der Waals surface area contributed by atoms with Crippen molar-refractivity contribution < 1.29 is 4.39 Å². The maximum Gasteiger partial charge on any atom is 0.124 e. The fourth-order valence-electron chi connectivity index (χ4n) is 2.90. The average Bonchev–Trinajstić information content (AvgIpc) is 2.89. The standard InChI is InChI=1S/C16H21FN2/c1-12(2)11-19(15-5-3-4-6-15)16-8-7-14(17)9-13(16)10-18/h7-9,12,15H,3-6,11H2,1-2H3. The number of hydrogen-bond acceptors (Lipinski definition) is 2. The zero-order valence-electron chi connectivity index (χ0n) is 11.7. The molecule has 0 unspecified atom stereocenters. The van der Waals surface area contributed by atoms with Crippen molar-refractivity contribution in [1.82, 2.24) is 0 Å². The van der Waals surface area contributed by atoms with Gasteiger partial charge in [-0.25, -0.2) is 4.39 Å². The third kappa shape index (κ3) is 3.26. The summed E-state index contributed by atoms with van der Waals surface area (Å²) >= 11 is 0. The summed E-state index contributed by atoms with van der Waals surface area (Å²) in [7, 11) is 0. The molecule has 3 heteroatoms. The van der Waals surface area contributed by atoms with E-state index in [1.807, 2.05) is 0 Å². The maximum absolute atomic E-state index is 13.3. The average molecular weight is 260 g/mol. The van der Waals surface area contributed by atoms with Gasteiger partial charge in [0.2, 0.25) is 0 Å². The third-order valence-corrected chi connectivity index (χ3v) is 3.72. The molecule has 2 nitrogen and oxygen atoms in total. The van der Waals surface area contributed by atoms with E-state index < -0.39 is 0 Å². The highest BCUT2D eigenvalue weighted by molar-refractivity contribution is 5.60. The van der Waals surface area contributed by atoms with Gasteiger partial charge in [0.05, 0.1) is 11.3 Å². The molecule has 1 aliphatic carbocycles. The van der Waals surface area contributed by atoms with Gasteiger partial charge in [-0.1, -0.05) is 26.7 Å². The third-order valence-electron chi connectivity index (χ3n) is 3.72. The van der Waals surface area contributed by atoms with E-state index in [2.05, 4.69) is 24.8 Å². The zero-order valence-corrected chi connectivity index (χ0v) is 11.7. The van der Waals surface area contributed by atoms with E-state index in [4.69, 9.17) is 0 Å². The lowest BCUT2D eigenvalue weighted by atomic mass is 10.1. The molecule has 0 spiro atoms. The van der Waals surface area contributed by atoms with Crippen molar-refractivity contribution in [3.05, 3.63) is 29.6 Å². The summed E-state index contributed by atoms with van der Waals surface area (Å²) in [6.45, 7) is 5.28. The van der Waals surface area contributed by atoms with Crippen molar-refractivity contribution in [1.29, 1.82) is 5.26 Å². The summed E-state index contributed by atoms with van der Waals surface area (Å²) in [5.41, 5.74) is 1.34. The van der Waals surface area contributed by atoms with Gasteiger partial charge in [-0.3, -0.25) is 0 Å². The monoisotopic (exact) mass is 260 g/mol. The minimum absolute atomic E-state index is 0.337. The molecule has 1 saturated carbocycles. The van der Waals surface area contributed by atoms with Crippen LogP contribution in [0.5, 0.6) is 0 Å². The number of hydrogen-bond donors (Lipinski definition) is 0. The normalized spacial score (nSPS) is 15.7. The number of halogens is 1. The number of rotatable bonds is 4. The van der Waals surface area contributed by atoms with Crippen LogP contribution in [-0.4, -0.2) is 12.6 Å². The Labute approximate surface area is 114 Å². The second-order valence-electron chi connectivity index (χ2n) is 5.76. The van der Waals surface area contributed by atoms with Crippen LogP contribution in [0.15, 0.2) is 18.2 Å². The summed E-state index contributed by atoms with van der Waals surface area (Å²) in [6, 6.07) is 7.19. The van der Waals surface area contributed by atoms with Crippen molar-refractivity contribution in [2.45, 2.75) is 45.6 Å². The maximum atomic E-state index is 13.3. The second-order valence-corrected chi connectivity index (χ2v) is 5.76. The molecule has 0 aromatic heterocycles. The van der Waals surface area contributed by atoms with Gasteiger partial charge < -0.3 is 4.90 Å². The van der Waals surface area contributed by atoms with Crippen LogP contribution in [0.4, 0.5) is 10.1 Å². The van der Waals surface area contributed by atoms with Crippen LogP contribution in [0.1, 0.15) is 45.1 Å². The Hall–Kier alpha value is -1.56. The molecule has 102 valence electrons. The van der Waals surface area contributed by atoms with E-state index >= 15 is 0 Å². The summed E-state index contributed by atoms with van der Waals surface area (Å²) in [5, 5.41) is 9.23. The van der Waals surface area contributed by atoms with Crippen LogP contribution < -0.4 is 4.90 Å². The second kappa shape index (κ2) is 6.06. The van der Waals surface area contributed by atoms with Crippen molar-refractivity contribution in [3.63, 3.8) is 0 Å². The highest BCUT2D eigenvalue weighted by Crippen LogP contribution is 2.31. The number of benzene rings is 1. The molecule has 2 rings (SSSR count). The van der Waals surface area contributed by atoms with Gasteiger partial charge >= 0.3 is 0 Å². The van der Waals surface area contributed by atoms with Gasteiger partial charge in [0.25, 0.3) is 0 Å². The molecule has 0 atom stereocenters. The highest BCUT2D eigenvalue weighted by Gasteiger charge is 2.25. The largest absolute Gasteiger partial charge is 0.367 e. The van der Waals surface area contributed by atoms with Crippen LogP contribution in [-0.2, 0) is 0 Å². The molecule has 1 aromatic carbocycles. The quantitative estimate of drug-likeness (QED) is 0.814. The smallest absolute Gasteiger partial charge is 0.124 e. The van der Waals surface area contributed by atoms with E-state index in [-0.39, 0.29) is 5.82 Å². The SMILES string of the molecule is CC(C)CN(c1ccc(F)cc1C#N)C1CCCC1. The molecular weight excluding hydrogens is 239 g/mol. The minimum Gasteiger partial charge on any atom is -0.367 e. The number of anilines is 1. The van der Waals surface area contributed by atoms with Gasteiger partial charge in [0, 0.05) is 12.6 Å². The fraction of sp³-hybridized carbons (Fsp3) is 0.562. The molecule has 1 aromatic rings. The van der Waals surface area contributed by atoms with Gasteiger partial charge in [0.1, 0.15) is 11.9 Å². The Kier molecular flexibility index (Phi) is 4.42. The van der Waals surface area contributed by atoms with E-state index in [0.717, 1.165) is 12.2 Å². The van der Waals surface area contributed by atoms with Gasteiger partial charge in [-0.15, -0.1) is 0 Å². The molecule has 0 aliphatic heterocycles. The Morgan fingerprint density at radius 1 is 1.37 bits per heavy atom. The highest BCUT2D eigenvalue weighted by atomic mass is 19.1. The van der Waals surface area contributed by atoms with Crippen LogP contribution in [0.2, 0.25) is 0 Å². The lowest BCUT2D eigenvalue weighted by molar-refractivity contribution is 0.535. The molecule has 1 aliphatic rings.